The van der Waals surface area contributed by atoms with E-state index in [1.165, 1.54) is 11.3 Å². The van der Waals surface area contributed by atoms with Crippen LogP contribution >= 0.6 is 11.3 Å². The second-order valence-electron chi connectivity index (χ2n) is 3.12. The number of nitrogens with one attached hydrogen (secondary N) is 1. The molecule has 0 spiro atoms. The molecule has 0 amide bonds. The van der Waals surface area contributed by atoms with E-state index < -0.39 is 0 Å². The maximum Gasteiger partial charge on any atom is 0.0462 e. The number of hydrogen-bond donors (Lipinski definition) is 1. The molecule has 0 fully saturated rings. The Morgan fingerprint density at radius 2 is 1.88 bits per heavy atom. The summed E-state index contributed by atoms with van der Waals surface area (Å²) in [7, 11) is 0. The molecule has 0 bridgehead atoms. The Balaban J connectivity index is 0.000000138. The third-order valence-corrected chi connectivity index (χ3v) is 2.68. The highest BCUT2D eigenvalue weighted by Crippen LogP contribution is 2.19. The summed E-state index contributed by atoms with van der Waals surface area (Å²) >= 11 is 1.72. The molecule has 3 heteroatoms. The first kappa shape index (κ1) is 10.6. The lowest BCUT2D eigenvalue weighted by molar-refractivity contribution is 1.33. The van der Waals surface area contributed by atoms with Crippen LogP contribution in [0.1, 0.15) is 0 Å². The predicted octanol–water partition coefficient (Wildman–Crippen LogP) is 3.82. The van der Waals surface area contributed by atoms with Gasteiger partial charge in [-0.15, -0.1) is 0 Å². The van der Waals surface area contributed by atoms with Crippen molar-refractivity contribution in [2.24, 2.45) is 0 Å². The summed E-state index contributed by atoms with van der Waals surface area (Å²) in [6, 6.07) is 11.9. The molecule has 3 aromatic heterocycles. The monoisotopic (exact) mass is 228 g/mol. The van der Waals surface area contributed by atoms with E-state index in [9.17, 15) is 0 Å². The van der Waals surface area contributed by atoms with Crippen LogP contribution in [-0.4, -0.2) is 9.97 Å². The highest BCUT2D eigenvalue weighted by molar-refractivity contribution is 7.08. The van der Waals surface area contributed by atoms with Crippen molar-refractivity contribution < 1.29 is 0 Å². The van der Waals surface area contributed by atoms with Crippen molar-refractivity contribution in [1.82, 2.24) is 9.97 Å². The molecule has 0 saturated carbocycles. The molecule has 16 heavy (non-hydrogen) atoms. The largest absolute Gasteiger partial charge is 0.361 e. The van der Waals surface area contributed by atoms with E-state index in [-0.39, 0.29) is 0 Å². The molecule has 2 nitrogen and oxygen atoms in total. The molecule has 0 atom stereocenters. The summed E-state index contributed by atoms with van der Waals surface area (Å²) in [5.41, 5.74) is 2.47. The maximum absolute atomic E-state index is 3.78. The minimum absolute atomic E-state index is 1.20. The van der Waals surface area contributed by atoms with Gasteiger partial charge in [-0.2, -0.15) is 11.3 Å². The van der Waals surface area contributed by atoms with Crippen LogP contribution in [0.5, 0.6) is 0 Å². The normalized spacial score (nSPS) is 9.25. The Morgan fingerprint density at radius 3 is 2.31 bits per heavy atom. The molecule has 0 aromatic carbocycles. The molecule has 3 rings (SSSR count). The van der Waals surface area contributed by atoms with E-state index in [0.717, 1.165) is 0 Å². The average molecular weight is 228 g/mol. The zero-order valence-corrected chi connectivity index (χ0v) is 9.52. The molecule has 0 aliphatic carbocycles. The summed E-state index contributed by atoms with van der Waals surface area (Å²) in [6.07, 6.45) is 5.44. The van der Waals surface area contributed by atoms with Gasteiger partial charge in [-0.3, -0.25) is 4.98 Å². The fourth-order valence-electron chi connectivity index (χ4n) is 1.24. The van der Waals surface area contributed by atoms with Gasteiger partial charge in [-0.1, -0.05) is 6.07 Å². The van der Waals surface area contributed by atoms with Gasteiger partial charge in [0.25, 0.3) is 0 Å². The molecule has 0 unspecified atom stereocenters. The Labute approximate surface area is 98.6 Å². The third-order valence-electron chi connectivity index (χ3n) is 2.00. The molecule has 1 N–H and O–H groups in total. The van der Waals surface area contributed by atoms with Gasteiger partial charge >= 0.3 is 0 Å². The van der Waals surface area contributed by atoms with Gasteiger partial charge in [0, 0.05) is 35.2 Å². The highest BCUT2D eigenvalue weighted by Gasteiger charge is 1.94. The first-order valence-electron chi connectivity index (χ1n) is 4.98. The molecular formula is C13H12N2S. The van der Waals surface area contributed by atoms with Crippen molar-refractivity contribution in [3.05, 3.63) is 65.7 Å². The van der Waals surface area contributed by atoms with Gasteiger partial charge in [0.15, 0.2) is 0 Å². The van der Waals surface area contributed by atoms with Crippen molar-refractivity contribution in [3.63, 3.8) is 0 Å². The number of pyridine rings is 1. The number of aromatic amines is 1. The highest BCUT2D eigenvalue weighted by atomic mass is 32.1. The van der Waals surface area contributed by atoms with Crippen LogP contribution in [0.3, 0.4) is 0 Å². The molecule has 0 saturated heterocycles. The smallest absolute Gasteiger partial charge is 0.0462 e. The van der Waals surface area contributed by atoms with Crippen molar-refractivity contribution in [2.45, 2.75) is 0 Å². The molecular weight excluding hydrogens is 216 g/mol. The van der Waals surface area contributed by atoms with Crippen LogP contribution in [0.4, 0.5) is 0 Å². The summed E-state index contributed by atoms with van der Waals surface area (Å²) in [6.45, 7) is 0. The van der Waals surface area contributed by atoms with E-state index >= 15 is 0 Å². The van der Waals surface area contributed by atoms with E-state index in [1.807, 2.05) is 30.5 Å². The summed E-state index contributed by atoms with van der Waals surface area (Å²) in [5.74, 6) is 0. The standard InChI is InChI=1S/C8H7NS.C5H5N/c1-2-8(9-4-1)7-3-5-10-6-7;1-2-4-6-5-3-1/h1-6,9H;1-5H. The van der Waals surface area contributed by atoms with E-state index in [0.29, 0.717) is 0 Å². The van der Waals surface area contributed by atoms with E-state index in [2.05, 4.69) is 32.9 Å². The van der Waals surface area contributed by atoms with Gasteiger partial charge in [0.2, 0.25) is 0 Å². The van der Waals surface area contributed by atoms with Crippen molar-refractivity contribution in [3.8, 4) is 11.3 Å². The number of nitrogens with zero attached hydrogens (tertiary/aromatic N) is 1. The Morgan fingerprint density at radius 1 is 1.00 bits per heavy atom. The minimum Gasteiger partial charge on any atom is -0.361 e. The second kappa shape index (κ2) is 5.88. The molecule has 3 heterocycles. The number of aromatic nitrogens is 2. The van der Waals surface area contributed by atoms with Crippen LogP contribution < -0.4 is 0 Å². The summed E-state index contributed by atoms with van der Waals surface area (Å²) in [5, 5.41) is 4.21. The number of thiophene rings is 1. The zero-order chi connectivity index (χ0) is 11.1. The van der Waals surface area contributed by atoms with Gasteiger partial charge in [0.05, 0.1) is 0 Å². The van der Waals surface area contributed by atoms with Crippen LogP contribution in [0, 0.1) is 0 Å². The van der Waals surface area contributed by atoms with Crippen molar-refractivity contribution in [1.29, 1.82) is 0 Å². The predicted molar refractivity (Wildman–Crippen MR) is 68.3 cm³/mol. The van der Waals surface area contributed by atoms with Gasteiger partial charge in [0.1, 0.15) is 0 Å². The number of hydrogen-bond acceptors (Lipinski definition) is 2. The molecule has 0 aliphatic rings. The number of H-pyrrole nitrogens is 1. The van der Waals surface area contributed by atoms with Crippen LogP contribution in [-0.2, 0) is 0 Å². The Hall–Kier alpha value is -1.87. The topological polar surface area (TPSA) is 28.7 Å². The molecule has 3 aromatic rings. The van der Waals surface area contributed by atoms with E-state index in [1.54, 1.807) is 23.7 Å². The summed E-state index contributed by atoms with van der Waals surface area (Å²) in [4.78, 5) is 6.93. The van der Waals surface area contributed by atoms with Crippen LogP contribution in [0.15, 0.2) is 65.7 Å². The summed E-state index contributed by atoms with van der Waals surface area (Å²) < 4.78 is 0. The fraction of sp³-hybridized carbons (Fsp3) is 0. The molecule has 80 valence electrons. The third kappa shape index (κ3) is 3.07. The number of rotatable bonds is 1. The van der Waals surface area contributed by atoms with Crippen molar-refractivity contribution >= 4 is 11.3 Å². The van der Waals surface area contributed by atoms with Crippen molar-refractivity contribution in [2.75, 3.05) is 0 Å². The fourth-order valence-corrected chi connectivity index (χ4v) is 1.90. The molecule has 0 radical (unpaired) electrons. The maximum atomic E-state index is 3.78. The molecule has 0 aliphatic heterocycles. The first-order valence-corrected chi connectivity index (χ1v) is 5.92. The van der Waals surface area contributed by atoms with Crippen LogP contribution in [0.25, 0.3) is 11.3 Å². The Bertz CT molecular complexity index is 413. The second-order valence-corrected chi connectivity index (χ2v) is 3.90. The van der Waals surface area contributed by atoms with Gasteiger partial charge in [-0.25, -0.2) is 0 Å². The first-order chi connectivity index (χ1) is 7.97. The Kier molecular flexibility index (Phi) is 3.91. The van der Waals surface area contributed by atoms with Crippen LogP contribution in [0.2, 0.25) is 0 Å². The van der Waals surface area contributed by atoms with E-state index in [4.69, 9.17) is 0 Å². The SMILES string of the molecule is c1c[nH]c(-c2ccsc2)c1.c1ccncc1. The minimum atomic E-state index is 1.20. The zero-order valence-electron chi connectivity index (χ0n) is 8.71. The lowest BCUT2D eigenvalue weighted by Gasteiger charge is -1.87. The van der Waals surface area contributed by atoms with Gasteiger partial charge in [-0.05, 0) is 35.7 Å². The lowest BCUT2D eigenvalue weighted by atomic mass is 10.2. The van der Waals surface area contributed by atoms with Gasteiger partial charge < -0.3 is 4.98 Å². The lowest BCUT2D eigenvalue weighted by Crippen LogP contribution is -1.67. The quantitative estimate of drug-likeness (QED) is 0.673. The average Bonchev–Trinajstić information content (AvgIpc) is 3.05.